The molecule has 5 aromatic rings. The van der Waals surface area contributed by atoms with Crippen LogP contribution in [-0.4, -0.2) is 146 Å². The van der Waals surface area contributed by atoms with E-state index >= 15 is 0 Å². The van der Waals surface area contributed by atoms with Crippen LogP contribution in [0.4, 0.5) is 27.5 Å². The summed E-state index contributed by atoms with van der Waals surface area (Å²) in [6, 6.07) is 28.3. The number of nitrogens with zero attached hydrogens (tertiary/aromatic N) is 10. The predicted octanol–water partition coefficient (Wildman–Crippen LogP) is 14.6. The molecule has 0 aliphatic carbocycles. The van der Waals surface area contributed by atoms with Gasteiger partial charge in [0.25, 0.3) is 0 Å². The maximum absolute atomic E-state index is 13.5. The number of hydrogen-bond acceptors (Lipinski definition) is 18. The third kappa shape index (κ3) is 20.3. The number of likely N-dealkylation sites (N-methyl/N-ethyl adjacent to an activating group) is 2. The fraction of sp³-hybridized carbons (Fsp3) is 0.420. The van der Waals surface area contributed by atoms with Crippen molar-refractivity contribution in [2.24, 2.45) is 10.2 Å². The molecule has 4 aliphatic heterocycles. The topological polar surface area (TPSA) is 356 Å². The summed E-state index contributed by atoms with van der Waals surface area (Å²) in [6.45, 7) is 26.6. The highest BCUT2D eigenvalue weighted by Crippen LogP contribution is 2.50. The number of carbonyl (C=O) groups is 3. The number of aryl methyl sites for hydroxylation is 2. The molecular weight excluding hydrogens is 1420 g/mol. The van der Waals surface area contributed by atoms with Crippen LogP contribution in [0.15, 0.2) is 189 Å². The summed E-state index contributed by atoms with van der Waals surface area (Å²) in [5, 5.41) is 28.4. The van der Waals surface area contributed by atoms with Crippen LogP contribution in [0.1, 0.15) is 147 Å². The molecule has 108 heavy (non-hydrogen) atoms. The Labute approximate surface area is 633 Å². The summed E-state index contributed by atoms with van der Waals surface area (Å²) >= 11 is 0. The zero-order chi connectivity index (χ0) is 78.9. The molecular formula is C81H99N11O14S2. The minimum Gasteiger partial charge on any atom is -0.744 e. The fourth-order valence-electron chi connectivity index (χ4n) is 14.4. The van der Waals surface area contributed by atoms with Gasteiger partial charge >= 0.3 is 6.09 Å². The molecule has 2 atom stereocenters. The zero-order valence-corrected chi connectivity index (χ0v) is 65.2. The van der Waals surface area contributed by atoms with Crippen LogP contribution in [0.2, 0.25) is 0 Å². The summed E-state index contributed by atoms with van der Waals surface area (Å²) in [5.41, 5.74) is 30.7. The van der Waals surface area contributed by atoms with Crippen molar-refractivity contribution < 1.29 is 73.9 Å². The molecule has 0 bridgehead atoms. The minimum atomic E-state index is -4.60. The Kier molecular flexibility index (Phi) is 28.3. The summed E-state index contributed by atoms with van der Waals surface area (Å²) in [5.74, 6) is 0.225. The monoisotopic (exact) mass is 1510 g/mol. The van der Waals surface area contributed by atoms with Gasteiger partial charge in [-0.15, -0.1) is 0 Å². The van der Waals surface area contributed by atoms with Gasteiger partial charge < -0.3 is 48.6 Å². The maximum atomic E-state index is 13.5. The predicted molar refractivity (Wildman–Crippen MR) is 415 cm³/mol. The van der Waals surface area contributed by atoms with Gasteiger partial charge in [0.1, 0.15) is 45.0 Å². The molecule has 2 unspecified atom stereocenters. The standard InChI is InChI=1S/C45H54N6O8S.C36H45N5O6S/c1-7-50-38-23-21-35(60(55,56)57)29-37(38)45(5,6)40(50)13-9-8-10-14-41-44(3,4)36-28-31(2)16-22-39(36)51(41)30-34(53)12-11-15-42(48-49-46)58-26-27-59-43(54)47-25-24-32-17-19-33(52)20-18-32;1-7-40-30-19-17-27(48(44,45)46)23-29(30)36(5,6)32(40)13-9-8-10-14-33-35(3,4)28-22-25(2)16-18-31(28)41(33)24-26(43)12-11-15-34(38-39-37)47-21-20-42/h8-10,13-14,16-23,28-29,42H,7,11-12,15,24-27,30H2,1-6H3,(H2-,47,52,54,55,56,57);8-10,13-14,16-19,22-23,34,42H,7,11-12,15,20-21,24H2,1-6H3. The van der Waals surface area contributed by atoms with E-state index < -0.39 is 55.0 Å². The Morgan fingerprint density at radius 1 is 0.583 bits per heavy atom. The highest BCUT2D eigenvalue weighted by molar-refractivity contribution is 7.86. The average molecular weight is 1510 g/mol. The van der Waals surface area contributed by atoms with E-state index in [-0.39, 0.29) is 84.9 Å². The number of phenols is 1. The Balaban J connectivity index is 0.000000279. The largest absolute Gasteiger partial charge is 0.744 e. The van der Waals surface area contributed by atoms with E-state index in [9.17, 15) is 45.4 Å². The highest BCUT2D eigenvalue weighted by Gasteiger charge is 2.47. The molecule has 4 aliphatic rings. The second-order valence-corrected chi connectivity index (χ2v) is 31.7. The lowest BCUT2D eigenvalue weighted by Crippen LogP contribution is -2.29. The first-order chi connectivity index (χ1) is 51.1. The van der Waals surface area contributed by atoms with Crippen LogP contribution in [-0.2, 0) is 72.1 Å². The number of anilines is 2. The maximum Gasteiger partial charge on any atom is 0.407 e. The van der Waals surface area contributed by atoms with Gasteiger partial charge in [0.05, 0.1) is 40.4 Å². The number of phenolic OH excluding ortho intramolecular Hbond substituents is 1. The molecule has 0 saturated carbocycles. The average Bonchev–Trinajstić information content (AvgIpc) is 1.61. The first kappa shape index (κ1) is 83.8. The summed E-state index contributed by atoms with van der Waals surface area (Å²) in [6.07, 6.45) is 20.3. The van der Waals surface area contributed by atoms with Gasteiger partial charge in [-0.1, -0.05) is 110 Å². The van der Waals surface area contributed by atoms with Gasteiger partial charge in [0.15, 0.2) is 23.0 Å². The lowest BCUT2D eigenvalue weighted by atomic mass is 9.81. The number of amides is 1. The molecule has 3 N–H and O–H groups in total. The van der Waals surface area contributed by atoms with Gasteiger partial charge in [-0.2, -0.15) is 9.15 Å². The number of carbonyl (C=O) groups excluding carboxylic acids is 3. The number of allylic oxidation sites excluding steroid dienone is 12. The van der Waals surface area contributed by atoms with Gasteiger partial charge in [-0.3, -0.25) is 9.59 Å². The van der Waals surface area contributed by atoms with Crippen LogP contribution in [0.5, 0.6) is 5.75 Å². The number of rotatable bonds is 34. The number of aromatic hydroxyl groups is 1. The van der Waals surface area contributed by atoms with Crippen LogP contribution in [0, 0.1) is 13.8 Å². The third-order valence-electron chi connectivity index (χ3n) is 20.0. The molecule has 1 amide bonds. The Hall–Kier alpha value is -9.79. The van der Waals surface area contributed by atoms with Crippen LogP contribution in [0.3, 0.4) is 0 Å². The molecule has 4 heterocycles. The van der Waals surface area contributed by atoms with Gasteiger partial charge in [-0.25, -0.2) is 21.6 Å². The van der Waals surface area contributed by atoms with Crippen molar-refractivity contribution in [1.29, 1.82) is 0 Å². The third-order valence-corrected chi connectivity index (χ3v) is 21.6. The highest BCUT2D eigenvalue weighted by atomic mass is 32.2. The first-order valence-electron chi connectivity index (χ1n) is 36.2. The van der Waals surface area contributed by atoms with Crippen molar-refractivity contribution in [2.75, 3.05) is 69.0 Å². The van der Waals surface area contributed by atoms with E-state index in [1.165, 1.54) is 24.3 Å². The van der Waals surface area contributed by atoms with Crippen LogP contribution >= 0.6 is 0 Å². The van der Waals surface area contributed by atoms with E-state index in [0.29, 0.717) is 51.7 Å². The lowest BCUT2D eigenvalue weighted by molar-refractivity contribution is -0.425. The number of ether oxygens (including phenoxy) is 3. The van der Waals surface area contributed by atoms with E-state index in [1.807, 2.05) is 127 Å². The van der Waals surface area contributed by atoms with Crippen molar-refractivity contribution in [2.45, 2.75) is 172 Å². The summed E-state index contributed by atoms with van der Waals surface area (Å²) in [7, 11) is -9.17. The van der Waals surface area contributed by atoms with Crippen LogP contribution < -0.4 is 15.1 Å². The van der Waals surface area contributed by atoms with Gasteiger partial charge in [0.2, 0.25) is 24.5 Å². The number of aliphatic hydroxyl groups excluding tert-OH is 1. The molecule has 0 saturated heterocycles. The van der Waals surface area contributed by atoms with Gasteiger partial charge in [-0.05, 0) is 188 Å². The molecule has 0 spiro atoms. The Bertz CT molecular complexity index is 4790. The number of hydrogen-bond donors (Lipinski definition) is 3. The molecule has 25 nitrogen and oxygen atoms in total. The number of aliphatic hydroxyl groups is 1. The number of ketones is 2. The molecule has 574 valence electrons. The Morgan fingerprint density at radius 2 is 1.02 bits per heavy atom. The molecule has 0 fully saturated rings. The minimum absolute atomic E-state index is 0.00743. The lowest BCUT2D eigenvalue weighted by Gasteiger charge is -2.25. The molecule has 0 aromatic heterocycles. The van der Waals surface area contributed by atoms with E-state index in [0.717, 1.165) is 84.5 Å². The number of Topliss-reactive ketones (excluding diaryl/α,β-unsaturated/α-hetero) is 2. The quantitative estimate of drug-likeness (QED) is 0.00655. The number of benzene rings is 5. The number of azide groups is 2. The van der Waals surface area contributed by atoms with Crippen molar-refractivity contribution in [1.82, 2.24) is 5.32 Å². The molecule has 5 aromatic carbocycles. The molecule has 27 heteroatoms. The first-order valence-corrected chi connectivity index (χ1v) is 39.0. The SMILES string of the molecule is CCN1C(=CC=CC=CC2=[N+](CC(=O)CCCC(N=[N+]=[N-])OCCO)c3ccc(C)cc3C2(C)C)C(C)(C)c2cc(S(=O)(=O)[O-])ccc21.CCN1C(=CC=CC=CC2=[N+](CC(=O)CCCC(N=[N+]=[N-])OCCOC(=O)NCCc3ccc(O)cc3)c3ccc(C)cc3C2(C)C)C(C)(C)c2cc(S(=O)(=O)[O-])ccc21. The zero-order valence-electron chi connectivity index (χ0n) is 63.6. The van der Waals surface area contributed by atoms with Crippen molar-refractivity contribution in [3.05, 3.63) is 229 Å². The van der Waals surface area contributed by atoms with E-state index in [2.05, 4.69) is 97.1 Å². The van der Waals surface area contributed by atoms with Crippen molar-refractivity contribution in [3.63, 3.8) is 0 Å². The number of nitrogens with one attached hydrogen (secondary N) is 1. The van der Waals surface area contributed by atoms with E-state index in [4.69, 9.17) is 30.4 Å². The van der Waals surface area contributed by atoms with Crippen molar-refractivity contribution in [3.8, 4) is 5.75 Å². The number of alkyl carbamates (subject to hydrolysis) is 1. The smallest absolute Gasteiger partial charge is 0.407 e. The van der Waals surface area contributed by atoms with E-state index in [1.54, 1.807) is 36.4 Å². The molecule has 0 radical (unpaired) electrons. The second-order valence-electron chi connectivity index (χ2n) is 29.0. The normalized spacial score (nSPS) is 17.2. The van der Waals surface area contributed by atoms with Crippen molar-refractivity contribution >= 4 is 72.1 Å². The number of fused-ring (bicyclic) bond motifs is 4. The Morgan fingerprint density at radius 3 is 1.43 bits per heavy atom. The summed E-state index contributed by atoms with van der Waals surface area (Å²) < 4.78 is 90.8. The molecule has 9 rings (SSSR count). The second kappa shape index (κ2) is 36.4. The van der Waals surface area contributed by atoms with Crippen LogP contribution in [0.25, 0.3) is 20.9 Å². The summed E-state index contributed by atoms with van der Waals surface area (Å²) in [4.78, 5) is 48.3. The fourth-order valence-corrected chi connectivity index (χ4v) is 15.4. The van der Waals surface area contributed by atoms with Gasteiger partial charge in [0, 0.05) is 111 Å².